The highest BCUT2D eigenvalue weighted by Crippen LogP contribution is 2.33. The fraction of sp³-hybridized carbons (Fsp3) is 0.571. The van der Waals surface area contributed by atoms with E-state index >= 15 is 0 Å². The van der Waals surface area contributed by atoms with Crippen LogP contribution in [-0.2, 0) is 15.8 Å². The third-order valence-corrected chi connectivity index (χ3v) is 4.71. The molecule has 2 amide bonds. The lowest BCUT2D eigenvalue weighted by molar-refractivity contribution is -0.138. The Morgan fingerprint density at radius 2 is 2.15 bits per heavy atom. The predicted molar refractivity (Wildman–Crippen MR) is 86.0 cm³/mol. The van der Waals surface area contributed by atoms with Crippen LogP contribution in [0.4, 0.5) is 22.7 Å². The van der Waals surface area contributed by atoms with Gasteiger partial charge in [-0.05, 0) is 6.42 Å². The van der Waals surface area contributed by atoms with Crippen LogP contribution >= 0.6 is 11.3 Å². The van der Waals surface area contributed by atoms with Crippen LogP contribution in [-0.4, -0.2) is 51.7 Å². The van der Waals surface area contributed by atoms with E-state index in [4.69, 9.17) is 5.73 Å². The van der Waals surface area contributed by atoms with Gasteiger partial charge in [0.1, 0.15) is 6.17 Å². The van der Waals surface area contributed by atoms with Crippen LogP contribution in [0.2, 0.25) is 0 Å². The first-order chi connectivity index (χ1) is 12.1. The van der Waals surface area contributed by atoms with Crippen LogP contribution in [0.3, 0.4) is 0 Å². The number of halogens is 4. The third-order valence-electron chi connectivity index (χ3n) is 3.83. The van der Waals surface area contributed by atoms with E-state index in [0.717, 1.165) is 6.08 Å². The quantitative estimate of drug-likeness (QED) is 0.564. The van der Waals surface area contributed by atoms with Crippen molar-refractivity contribution in [1.82, 2.24) is 15.1 Å². The number of nitrogens with two attached hydrogens (primary N) is 1. The zero-order valence-corrected chi connectivity index (χ0v) is 14.5. The Labute approximate surface area is 150 Å². The molecule has 0 unspecified atom stereocenters. The Balaban J connectivity index is 2.01. The molecule has 7 nitrogen and oxygen atoms in total. The molecule has 2 heterocycles. The number of carbonyl (C=O) groups excluding carboxylic acids is 2. The van der Waals surface area contributed by atoms with Gasteiger partial charge in [-0.25, -0.2) is 4.39 Å². The van der Waals surface area contributed by atoms with Gasteiger partial charge in [0.05, 0.1) is 6.04 Å². The molecule has 0 aliphatic carbocycles. The predicted octanol–water partition coefficient (Wildman–Crippen LogP) is 1.73. The van der Waals surface area contributed by atoms with Gasteiger partial charge in [0, 0.05) is 25.1 Å². The minimum absolute atomic E-state index is 0.00310. The zero-order valence-electron chi connectivity index (χ0n) is 13.7. The van der Waals surface area contributed by atoms with Gasteiger partial charge in [-0.3, -0.25) is 19.8 Å². The fourth-order valence-corrected chi connectivity index (χ4v) is 3.28. The summed E-state index contributed by atoms with van der Waals surface area (Å²) in [4.78, 5) is 24.9. The average Bonchev–Trinajstić information content (AvgIpc) is 3.14. The van der Waals surface area contributed by atoms with Crippen LogP contribution < -0.4 is 11.1 Å². The molecule has 12 heteroatoms. The number of nitrogens with zero attached hydrogens (tertiary/aromatic N) is 3. The number of aromatic nitrogens is 2. The third kappa shape index (κ3) is 4.97. The number of hydrogen-bond donors (Lipinski definition) is 2. The van der Waals surface area contributed by atoms with Crippen LogP contribution in [0.25, 0.3) is 0 Å². The molecule has 0 aromatic carbocycles. The second-order valence-corrected chi connectivity index (χ2v) is 6.66. The Kier molecular flexibility index (Phi) is 6.29. The Hall–Kier alpha value is -2.08. The van der Waals surface area contributed by atoms with Crippen molar-refractivity contribution in [3.8, 4) is 0 Å². The normalized spacial score (nSPS) is 22.7. The summed E-state index contributed by atoms with van der Waals surface area (Å²) in [7, 11) is 0. The highest BCUT2D eigenvalue weighted by atomic mass is 32.1. The van der Waals surface area contributed by atoms with E-state index in [1.54, 1.807) is 11.8 Å². The fourth-order valence-electron chi connectivity index (χ4n) is 2.67. The van der Waals surface area contributed by atoms with Crippen molar-refractivity contribution in [3.63, 3.8) is 0 Å². The summed E-state index contributed by atoms with van der Waals surface area (Å²) >= 11 is 0.204. The highest BCUT2D eigenvalue weighted by Gasteiger charge is 2.38. The SMILES string of the molecule is CC[C@@H](/C=C/C(=O)Nc1nnc(C(F)(F)F)s1)N1C[C@@H](F)C[C@H]1C(N)=O. The molecule has 3 N–H and O–H groups in total. The van der Waals surface area contributed by atoms with E-state index in [2.05, 4.69) is 15.5 Å². The lowest BCUT2D eigenvalue weighted by Crippen LogP contribution is -2.45. The second kappa shape index (κ2) is 8.08. The molecule has 1 aliphatic heterocycles. The first-order valence-electron chi connectivity index (χ1n) is 7.70. The average molecular weight is 395 g/mol. The van der Waals surface area contributed by atoms with Crippen LogP contribution in [0.1, 0.15) is 24.8 Å². The Morgan fingerprint density at radius 1 is 1.46 bits per heavy atom. The minimum Gasteiger partial charge on any atom is -0.368 e. The molecule has 2 rings (SSSR count). The molecule has 0 radical (unpaired) electrons. The van der Waals surface area contributed by atoms with E-state index < -0.39 is 41.3 Å². The van der Waals surface area contributed by atoms with Crippen molar-refractivity contribution in [1.29, 1.82) is 0 Å². The summed E-state index contributed by atoms with van der Waals surface area (Å²) in [5.41, 5.74) is 5.28. The molecule has 1 saturated heterocycles. The minimum atomic E-state index is -4.63. The monoisotopic (exact) mass is 395 g/mol. The van der Waals surface area contributed by atoms with E-state index in [-0.39, 0.29) is 29.4 Å². The largest absolute Gasteiger partial charge is 0.445 e. The summed E-state index contributed by atoms with van der Waals surface area (Å²) in [5, 5.41) is 6.93. The molecule has 0 saturated carbocycles. The lowest BCUT2D eigenvalue weighted by atomic mass is 10.1. The molecule has 144 valence electrons. The molecule has 0 bridgehead atoms. The summed E-state index contributed by atoms with van der Waals surface area (Å²) in [6.45, 7) is 1.81. The van der Waals surface area contributed by atoms with E-state index in [0.29, 0.717) is 6.42 Å². The topological polar surface area (TPSA) is 101 Å². The number of anilines is 1. The molecule has 0 spiro atoms. The van der Waals surface area contributed by atoms with Crippen LogP contribution in [0.15, 0.2) is 12.2 Å². The molecule has 26 heavy (non-hydrogen) atoms. The maximum Gasteiger partial charge on any atom is 0.445 e. The van der Waals surface area contributed by atoms with Crippen LogP contribution in [0.5, 0.6) is 0 Å². The van der Waals surface area contributed by atoms with Gasteiger partial charge in [-0.2, -0.15) is 13.2 Å². The molecule has 3 atom stereocenters. The van der Waals surface area contributed by atoms with Crippen LogP contribution in [0, 0.1) is 0 Å². The zero-order chi connectivity index (χ0) is 19.5. The highest BCUT2D eigenvalue weighted by molar-refractivity contribution is 7.15. The maximum atomic E-state index is 13.6. The van der Waals surface area contributed by atoms with Gasteiger partial charge in [0.25, 0.3) is 0 Å². The van der Waals surface area contributed by atoms with Gasteiger partial charge < -0.3 is 5.73 Å². The van der Waals surface area contributed by atoms with Crippen molar-refractivity contribution in [3.05, 3.63) is 17.2 Å². The molecular formula is C14H17F4N5O2S. The number of carbonyl (C=O) groups is 2. The second-order valence-electron chi connectivity index (χ2n) is 5.68. The molecule has 1 aromatic rings. The lowest BCUT2D eigenvalue weighted by Gasteiger charge is -2.28. The first kappa shape index (κ1) is 20.2. The summed E-state index contributed by atoms with van der Waals surface area (Å²) < 4.78 is 51.0. The standard InChI is InChI=1S/C14H17F4N5O2S/c1-2-8(23-6-7(15)5-9(23)11(19)25)3-4-10(24)20-13-22-21-12(26-13)14(16,17)18/h3-4,7-9H,2,5-6H2,1H3,(H2,19,25)(H,20,22,24)/b4-3+/t7-,8-,9-/m0/s1. The van der Waals surface area contributed by atoms with Crippen molar-refractivity contribution in [2.45, 2.75) is 44.2 Å². The van der Waals surface area contributed by atoms with Gasteiger partial charge in [0.2, 0.25) is 22.0 Å². The number of nitrogens with one attached hydrogen (secondary N) is 1. The number of amides is 2. The van der Waals surface area contributed by atoms with Crippen molar-refractivity contribution in [2.75, 3.05) is 11.9 Å². The molecule has 1 aromatic heterocycles. The number of rotatable bonds is 6. The number of primary amides is 1. The number of alkyl halides is 4. The summed E-state index contributed by atoms with van der Waals surface area (Å²) in [5.74, 6) is -1.35. The van der Waals surface area contributed by atoms with Gasteiger partial charge in [-0.1, -0.05) is 24.3 Å². The van der Waals surface area contributed by atoms with Crippen molar-refractivity contribution < 1.29 is 27.2 Å². The van der Waals surface area contributed by atoms with Crippen molar-refractivity contribution in [2.24, 2.45) is 5.73 Å². The molecular weight excluding hydrogens is 378 g/mol. The number of likely N-dealkylation sites (tertiary alicyclic amines) is 1. The summed E-state index contributed by atoms with van der Waals surface area (Å²) in [6, 6.07) is -1.18. The smallest absolute Gasteiger partial charge is 0.368 e. The maximum absolute atomic E-state index is 13.6. The first-order valence-corrected chi connectivity index (χ1v) is 8.52. The van der Waals surface area contributed by atoms with Crippen molar-refractivity contribution >= 4 is 28.3 Å². The van der Waals surface area contributed by atoms with E-state index in [1.807, 2.05) is 0 Å². The molecule has 1 aliphatic rings. The van der Waals surface area contributed by atoms with Gasteiger partial charge in [-0.15, -0.1) is 10.2 Å². The Morgan fingerprint density at radius 3 is 2.69 bits per heavy atom. The Bertz CT molecular complexity index is 693. The van der Waals surface area contributed by atoms with E-state index in [9.17, 15) is 27.2 Å². The van der Waals surface area contributed by atoms with E-state index in [1.165, 1.54) is 6.08 Å². The molecule has 1 fully saturated rings. The summed E-state index contributed by atoms with van der Waals surface area (Å²) in [6.07, 6.45) is -2.78. The number of hydrogen-bond acceptors (Lipinski definition) is 6. The van der Waals surface area contributed by atoms with Gasteiger partial charge >= 0.3 is 6.18 Å². The van der Waals surface area contributed by atoms with Gasteiger partial charge in [0.15, 0.2) is 0 Å².